The lowest BCUT2D eigenvalue weighted by Gasteiger charge is -2.15. The van der Waals surface area contributed by atoms with Crippen LogP contribution in [0.5, 0.6) is 0 Å². The number of halogens is 1. The minimum absolute atomic E-state index is 0.0166. The zero-order chi connectivity index (χ0) is 12.8. The molecule has 1 aromatic rings. The number of rotatable bonds is 6. The summed E-state index contributed by atoms with van der Waals surface area (Å²) in [6.07, 6.45) is 0. The Morgan fingerprint density at radius 1 is 1.59 bits per heavy atom. The van der Waals surface area contributed by atoms with E-state index in [1.54, 1.807) is 12.1 Å². The van der Waals surface area contributed by atoms with Gasteiger partial charge in [0.05, 0.1) is 11.5 Å². The van der Waals surface area contributed by atoms with Crippen molar-refractivity contribution in [3.8, 4) is 0 Å². The third kappa shape index (κ3) is 4.32. The molecule has 5 nitrogen and oxygen atoms in total. The van der Waals surface area contributed by atoms with Gasteiger partial charge in [-0.05, 0) is 26.0 Å². The van der Waals surface area contributed by atoms with Crippen LogP contribution in [-0.4, -0.2) is 24.2 Å². The van der Waals surface area contributed by atoms with Gasteiger partial charge in [-0.25, -0.2) is 0 Å². The van der Waals surface area contributed by atoms with E-state index in [9.17, 15) is 10.1 Å². The molecule has 0 amide bonds. The molecule has 0 unspecified atom stereocenters. The van der Waals surface area contributed by atoms with Crippen LogP contribution >= 0.6 is 15.9 Å². The lowest BCUT2D eigenvalue weighted by atomic mass is 10.2. The van der Waals surface area contributed by atoms with Crippen molar-refractivity contribution in [3.05, 3.63) is 32.8 Å². The lowest BCUT2D eigenvalue weighted by Crippen LogP contribution is -2.22. The van der Waals surface area contributed by atoms with E-state index in [1.807, 2.05) is 13.8 Å². The van der Waals surface area contributed by atoms with Gasteiger partial charge in [0.15, 0.2) is 0 Å². The van der Waals surface area contributed by atoms with E-state index in [1.165, 1.54) is 6.07 Å². The van der Waals surface area contributed by atoms with Gasteiger partial charge >= 0.3 is 0 Å². The Morgan fingerprint density at radius 3 is 2.88 bits per heavy atom. The molecule has 1 N–H and O–H groups in total. The summed E-state index contributed by atoms with van der Waals surface area (Å²) in [6, 6.07) is 4.83. The molecule has 0 aromatic heterocycles. The maximum absolute atomic E-state index is 10.8. The molecule has 1 aromatic carbocycles. The van der Waals surface area contributed by atoms with E-state index < -0.39 is 4.92 Å². The maximum Gasteiger partial charge on any atom is 0.292 e. The topological polar surface area (TPSA) is 64.4 Å². The first-order valence-corrected chi connectivity index (χ1v) is 6.12. The SMILES string of the molecule is CCOC[C@H](C)Nc1cc(Br)ccc1[N+](=O)[O-]. The molecule has 0 radical (unpaired) electrons. The number of nitrogens with zero attached hydrogens (tertiary/aromatic N) is 1. The molecule has 0 fully saturated rings. The lowest BCUT2D eigenvalue weighted by molar-refractivity contribution is -0.384. The first kappa shape index (κ1) is 13.9. The summed E-state index contributed by atoms with van der Waals surface area (Å²) >= 11 is 3.29. The van der Waals surface area contributed by atoms with Gasteiger partial charge in [0.25, 0.3) is 5.69 Å². The second kappa shape index (κ2) is 6.56. The van der Waals surface area contributed by atoms with Gasteiger partial charge in [0.1, 0.15) is 5.69 Å². The average Bonchev–Trinajstić information content (AvgIpc) is 2.26. The van der Waals surface area contributed by atoms with Crippen molar-refractivity contribution in [2.24, 2.45) is 0 Å². The summed E-state index contributed by atoms with van der Waals surface area (Å²) < 4.78 is 6.05. The highest BCUT2D eigenvalue weighted by Crippen LogP contribution is 2.28. The van der Waals surface area contributed by atoms with Crippen LogP contribution in [0.1, 0.15) is 13.8 Å². The van der Waals surface area contributed by atoms with Crippen LogP contribution in [0.25, 0.3) is 0 Å². The van der Waals surface area contributed by atoms with E-state index in [0.29, 0.717) is 18.9 Å². The molecular weight excluding hydrogens is 288 g/mol. The highest BCUT2D eigenvalue weighted by molar-refractivity contribution is 9.10. The van der Waals surface area contributed by atoms with Crippen LogP contribution in [0.15, 0.2) is 22.7 Å². The highest BCUT2D eigenvalue weighted by Gasteiger charge is 2.15. The number of hydrogen-bond donors (Lipinski definition) is 1. The molecule has 0 heterocycles. The number of anilines is 1. The van der Waals surface area contributed by atoms with Crippen molar-refractivity contribution in [3.63, 3.8) is 0 Å². The van der Waals surface area contributed by atoms with Gasteiger partial charge in [-0.15, -0.1) is 0 Å². The van der Waals surface area contributed by atoms with Crippen LogP contribution in [0.3, 0.4) is 0 Å². The van der Waals surface area contributed by atoms with Crippen molar-refractivity contribution in [2.75, 3.05) is 18.5 Å². The van der Waals surface area contributed by atoms with Crippen LogP contribution < -0.4 is 5.32 Å². The van der Waals surface area contributed by atoms with Crippen molar-refractivity contribution < 1.29 is 9.66 Å². The third-order valence-corrected chi connectivity index (χ3v) is 2.62. The van der Waals surface area contributed by atoms with Crippen molar-refractivity contribution in [2.45, 2.75) is 19.9 Å². The van der Waals surface area contributed by atoms with Gasteiger partial charge < -0.3 is 10.1 Å². The third-order valence-electron chi connectivity index (χ3n) is 2.13. The van der Waals surface area contributed by atoms with Crippen molar-refractivity contribution in [1.29, 1.82) is 0 Å². The minimum Gasteiger partial charge on any atom is -0.380 e. The molecule has 1 atom stereocenters. The Labute approximate surface area is 108 Å². The molecule has 0 aliphatic rings. The standard InChI is InChI=1S/C11H15BrN2O3/c1-3-17-7-8(2)13-10-6-9(12)4-5-11(10)14(15)16/h4-6,8,13H,3,7H2,1-2H3/t8-/m0/s1. The van der Waals surface area contributed by atoms with Crippen molar-refractivity contribution >= 4 is 27.3 Å². The van der Waals surface area contributed by atoms with Gasteiger partial charge in [0.2, 0.25) is 0 Å². The maximum atomic E-state index is 10.8. The fourth-order valence-corrected chi connectivity index (χ4v) is 1.75. The number of hydrogen-bond acceptors (Lipinski definition) is 4. The molecular formula is C11H15BrN2O3. The second-order valence-corrected chi connectivity index (χ2v) is 4.54. The molecule has 17 heavy (non-hydrogen) atoms. The largest absolute Gasteiger partial charge is 0.380 e. The van der Waals surface area contributed by atoms with E-state index >= 15 is 0 Å². The summed E-state index contributed by atoms with van der Waals surface area (Å²) in [6.45, 7) is 4.97. The monoisotopic (exact) mass is 302 g/mol. The predicted molar refractivity (Wildman–Crippen MR) is 70.4 cm³/mol. The Morgan fingerprint density at radius 2 is 2.29 bits per heavy atom. The van der Waals surface area contributed by atoms with Gasteiger partial charge in [0, 0.05) is 23.2 Å². The fourth-order valence-electron chi connectivity index (χ4n) is 1.38. The van der Waals surface area contributed by atoms with Gasteiger partial charge in [-0.2, -0.15) is 0 Å². The molecule has 0 spiro atoms. The van der Waals surface area contributed by atoms with Gasteiger partial charge in [-0.1, -0.05) is 15.9 Å². The molecule has 6 heteroatoms. The van der Waals surface area contributed by atoms with Crippen LogP contribution in [-0.2, 0) is 4.74 Å². The van der Waals surface area contributed by atoms with Crippen LogP contribution in [0.4, 0.5) is 11.4 Å². The van der Waals surface area contributed by atoms with Gasteiger partial charge in [-0.3, -0.25) is 10.1 Å². The Hall–Kier alpha value is -1.14. The normalized spacial score (nSPS) is 12.2. The Kier molecular flexibility index (Phi) is 5.37. The number of ether oxygens (including phenoxy) is 1. The van der Waals surface area contributed by atoms with E-state index in [4.69, 9.17) is 4.74 Å². The fraction of sp³-hybridized carbons (Fsp3) is 0.455. The van der Waals surface area contributed by atoms with E-state index in [2.05, 4.69) is 21.2 Å². The molecule has 0 bridgehead atoms. The first-order valence-electron chi connectivity index (χ1n) is 5.32. The zero-order valence-corrected chi connectivity index (χ0v) is 11.4. The summed E-state index contributed by atoms with van der Waals surface area (Å²) in [5.74, 6) is 0. The summed E-state index contributed by atoms with van der Waals surface area (Å²) in [5, 5.41) is 13.9. The van der Waals surface area contributed by atoms with E-state index in [0.717, 1.165) is 4.47 Å². The molecule has 0 aliphatic heterocycles. The molecule has 0 saturated carbocycles. The smallest absolute Gasteiger partial charge is 0.292 e. The molecule has 94 valence electrons. The predicted octanol–water partition coefficient (Wildman–Crippen LogP) is 3.19. The van der Waals surface area contributed by atoms with Crippen LogP contribution in [0, 0.1) is 10.1 Å². The molecule has 1 rings (SSSR count). The minimum atomic E-state index is -0.401. The molecule has 0 aliphatic carbocycles. The molecule has 0 saturated heterocycles. The van der Waals surface area contributed by atoms with Crippen molar-refractivity contribution in [1.82, 2.24) is 0 Å². The second-order valence-electron chi connectivity index (χ2n) is 3.62. The number of benzene rings is 1. The number of nitro groups is 1. The first-order chi connectivity index (χ1) is 8.04. The highest BCUT2D eigenvalue weighted by atomic mass is 79.9. The van der Waals surface area contributed by atoms with Crippen LogP contribution in [0.2, 0.25) is 0 Å². The Balaban J connectivity index is 2.81. The number of nitro benzene ring substituents is 1. The summed E-state index contributed by atoms with van der Waals surface area (Å²) in [5.41, 5.74) is 0.563. The summed E-state index contributed by atoms with van der Waals surface area (Å²) in [4.78, 5) is 10.4. The zero-order valence-electron chi connectivity index (χ0n) is 9.77. The number of nitrogens with one attached hydrogen (secondary N) is 1. The summed E-state index contributed by atoms with van der Waals surface area (Å²) in [7, 11) is 0. The van der Waals surface area contributed by atoms with E-state index in [-0.39, 0.29) is 11.7 Å². The average molecular weight is 303 g/mol. The quantitative estimate of drug-likeness (QED) is 0.647. The Bertz CT molecular complexity index is 398.